The van der Waals surface area contributed by atoms with Crippen molar-refractivity contribution in [1.29, 1.82) is 0 Å². The second-order valence-corrected chi connectivity index (χ2v) is 4.43. The lowest BCUT2D eigenvalue weighted by atomic mass is 9.89. The van der Waals surface area contributed by atoms with Gasteiger partial charge in [0.2, 0.25) is 0 Å². The van der Waals surface area contributed by atoms with Crippen LogP contribution in [0.25, 0.3) is 0 Å². The summed E-state index contributed by atoms with van der Waals surface area (Å²) in [5, 5.41) is 0. The topological polar surface area (TPSA) is 26.3 Å². The lowest BCUT2D eigenvalue weighted by Crippen LogP contribution is -2.22. The molecule has 0 radical (unpaired) electrons. The highest BCUT2D eigenvalue weighted by atomic mass is 35.5. The molecular weight excluding hydrogens is 212 g/mol. The van der Waals surface area contributed by atoms with E-state index in [1.54, 1.807) is 12.3 Å². The number of rotatable bonds is 8. The highest BCUT2D eigenvalue weighted by Crippen LogP contribution is 2.19. The van der Waals surface area contributed by atoms with Gasteiger partial charge in [0.1, 0.15) is 0 Å². The predicted octanol–water partition coefficient (Wildman–Crippen LogP) is 3.54. The van der Waals surface area contributed by atoms with Crippen LogP contribution in [0.1, 0.15) is 40.0 Å². The SMILES string of the molecule is CCCCCOC=CC(C)(C)C(=O)CCl. The molecule has 0 saturated carbocycles. The summed E-state index contributed by atoms with van der Waals surface area (Å²) in [7, 11) is 0. The van der Waals surface area contributed by atoms with E-state index in [2.05, 4.69) is 6.92 Å². The van der Waals surface area contributed by atoms with E-state index in [-0.39, 0.29) is 11.7 Å². The number of carbonyl (C=O) groups excluding carboxylic acids is 1. The Hall–Kier alpha value is -0.500. The van der Waals surface area contributed by atoms with Crippen molar-refractivity contribution >= 4 is 17.4 Å². The Morgan fingerprint density at radius 3 is 2.60 bits per heavy atom. The lowest BCUT2D eigenvalue weighted by Gasteiger charge is -2.16. The molecule has 0 rings (SSSR count). The van der Waals surface area contributed by atoms with Crippen LogP contribution in [0.4, 0.5) is 0 Å². The van der Waals surface area contributed by atoms with Crippen LogP contribution in [0, 0.1) is 5.41 Å². The molecule has 2 nitrogen and oxygen atoms in total. The van der Waals surface area contributed by atoms with Gasteiger partial charge in [0.05, 0.1) is 18.7 Å². The molecule has 0 N–H and O–H groups in total. The van der Waals surface area contributed by atoms with Crippen LogP contribution >= 0.6 is 11.6 Å². The molecular formula is C12H21ClO2. The van der Waals surface area contributed by atoms with Gasteiger partial charge in [-0.05, 0) is 26.3 Å². The Morgan fingerprint density at radius 1 is 1.40 bits per heavy atom. The van der Waals surface area contributed by atoms with Gasteiger partial charge in [0.25, 0.3) is 0 Å². The van der Waals surface area contributed by atoms with Crippen LogP contribution in [0.2, 0.25) is 0 Å². The van der Waals surface area contributed by atoms with Crippen LogP contribution in [0.5, 0.6) is 0 Å². The van der Waals surface area contributed by atoms with Crippen molar-refractivity contribution in [3.63, 3.8) is 0 Å². The minimum Gasteiger partial charge on any atom is -0.501 e. The van der Waals surface area contributed by atoms with Crippen molar-refractivity contribution in [2.75, 3.05) is 12.5 Å². The normalized spacial score (nSPS) is 12.0. The number of alkyl halides is 1. The first-order chi connectivity index (χ1) is 7.04. The summed E-state index contributed by atoms with van der Waals surface area (Å²) in [6, 6.07) is 0. The summed E-state index contributed by atoms with van der Waals surface area (Å²) in [5.74, 6) is 0.0604. The van der Waals surface area contributed by atoms with E-state index in [4.69, 9.17) is 16.3 Å². The molecule has 0 saturated heterocycles. The van der Waals surface area contributed by atoms with Gasteiger partial charge in [-0.1, -0.05) is 19.8 Å². The number of Topliss-reactive ketones (excluding diaryl/α,β-unsaturated/α-hetero) is 1. The second-order valence-electron chi connectivity index (χ2n) is 4.16. The van der Waals surface area contributed by atoms with Crippen LogP contribution in [-0.4, -0.2) is 18.3 Å². The Labute approximate surface area is 97.6 Å². The van der Waals surface area contributed by atoms with Gasteiger partial charge in [-0.3, -0.25) is 4.79 Å². The van der Waals surface area contributed by atoms with Gasteiger partial charge < -0.3 is 4.74 Å². The van der Waals surface area contributed by atoms with E-state index >= 15 is 0 Å². The summed E-state index contributed by atoms with van der Waals surface area (Å²) in [4.78, 5) is 11.4. The van der Waals surface area contributed by atoms with Crippen molar-refractivity contribution in [1.82, 2.24) is 0 Å². The predicted molar refractivity (Wildman–Crippen MR) is 64.1 cm³/mol. The molecule has 0 fully saturated rings. The van der Waals surface area contributed by atoms with E-state index in [1.165, 1.54) is 12.8 Å². The van der Waals surface area contributed by atoms with Gasteiger partial charge in [-0.2, -0.15) is 0 Å². The Balaban J connectivity index is 3.79. The summed E-state index contributed by atoms with van der Waals surface area (Å²) in [5.41, 5.74) is -0.521. The van der Waals surface area contributed by atoms with E-state index in [9.17, 15) is 4.79 Å². The minimum atomic E-state index is -0.521. The number of halogens is 1. The van der Waals surface area contributed by atoms with Crippen LogP contribution in [-0.2, 0) is 9.53 Å². The summed E-state index contributed by atoms with van der Waals surface area (Å²) in [6.45, 7) is 6.54. The van der Waals surface area contributed by atoms with E-state index in [1.807, 2.05) is 13.8 Å². The summed E-state index contributed by atoms with van der Waals surface area (Å²) in [6.07, 6.45) is 6.80. The molecule has 0 unspecified atom stereocenters. The molecule has 3 heteroatoms. The largest absolute Gasteiger partial charge is 0.501 e. The fourth-order valence-corrected chi connectivity index (χ4v) is 1.33. The van der Waals surface area contributed by atoms with Crippen molar-refractivity contribution in [3.8, 4) is 0 Å². The number of carbonyl (C=O) groups is 1. The van der Waals surface area contributed by atoms with Crippen LogP contribution < -0.4 is 0 Å². The monoisotopic (exact) mass is 232 g/mol. The Morgan fingerprint density at radius 2 is 2.07 bits per heavy atom. The highest BCUT2D eigenvalue weighted by molar-refractivity contribution is 6.28. The average molecular weight is 233 g/mol. The fraction of sp³-hybridized carbons (Fsp3) is 0.750. The Kier molecular flexibility index (Phi) is 7.49. The van der Waals surface area contributed by atoms with Crippen LogP contribution in [0.15, 0.2) is 12.3 Å². The number of hydrogen-bond acceptors (Lipinski definition) is 2. The van der Waals surface area contributed by atoms with Gasteiger partial charge in [0, 0.05) is 5.41 Å². The maximum Gasteiger partial charge on any atom is 0.157 e. The third kappa shape index (κ3) is 6.56. The Bertz CT molecular complexity index is 210. The molecule has 15 heavy (non-hydrogen) atoms. The molecule has 0 bridgehead atoms. The quantitative estimate of drug-likeness (QED) is 0.364. The molecule has 0 spiro atoms. The molecule has 0 amide bonds. The second kappa shape index (κ2) is 7.75. The first-order valence-corrected chi connectivity index (χ1v) is 5.96. The standard InChI is InChI=1S/C12H21ClO2/c1-4-5-6-8-15-9-7-12(2,3)11(14)10-13/h7,9H,4-6,8,10H2,1-3H3. The molecule has 0 aliphatic carbocycles. The van der Waals surface area contributed by atoms with E-state index in [0.717, 1.165) is 13.0 Å². The zero-order valence-electron chi connectivity index (χ0n) is 9.88. The van der Waals surface area contributed by atoms with Gasteiger partial charge >= 0.3 is 0 Å². The van der Waals surface area contributed by atoms with Crippen molar-refractivity contribution in [2.24, 2.45) is 5.41 Å². The number of allylic oxidation sites excluding steroid dienone is 1. The summed E-state index contributed by atoms with van der Waals surface area (Å²) >= 11 is 5.49. The van der Waals surface area contributed by atoms with Crippen molar-refractivity contribution in [3.05, 3.63) is 12.3 Å². The zero-order valence-corrected chi connectivity index (χ0v) is 10.6. The number of unbranched alkanes of at least 4 members (excludes halogenated alkanes) is 2. The van der Waals surface area contributed by atoms with Gasteiger partial charge in [0.15, 0.2) is 5.78 Å². The van der Waals surface area contributed by atoms with Gasteiger partial charge in [-0.25, -0.2) is 0 Å². The third-order valence-electron chi connectivity index (χ3n) is 2.29. The lowest BCUT2D eigenvalue weighted by molar-refractivity contribution is -0.122. The van der Waals surface area contributed by atoms with Gasteiger partial charge in [-0.15, -0.1) is 11.6 Å². The molecule has 0 heterocycles. The summed E-state index contributed by atoms with van der Waals surface area (Å²) < 4.78 is 5.29. The van der Waals surface area contributed by atoms with E-state index < -0.39 is 5.41 Å². The molecule has 0 aromatic rings. The number of ether oxygens (including phenoxy) is 1. The first-order valence-electron chi connectivity index (χ1n) is 5.43. The molecule has 0 aliphatic rings. The van der Waals surface area contributed by atoms with Crippen molar-refractivity contribution in [2.45, 2.75) is 40.0 Å². The molecule has 0 atom stereocenters. The van der Waals surface area contributed by atoms with Crippen molar-refractivity contribution < 1.29 is 9.53 Å². The first kappa shape index (κ1) is 14.5. The molecule has 0 aliphatic heterocycles. The molecule has 0 aromatic heterocycles. The fourth-order valence-electron chi connectivity index (χ4n) is 0.987. The average Bonchev–Trinajstić information content (AvgIpc) is 2.22. The van der Waals surface area contributed by atoms with E-state index in [0.29, 0.717) is 0 Å². The zero-order chi connectivity index (χ0) is 11.7. The highest BCUT2D eigenvalue weighted by Gasteiger charge is 2.22. The van der Waals surface area contributed by atoms with Crippen LogP contribution in [0.3, 0.4) is 0 Å². The molecule has 88 valence electrons. The minimum absolute atomic E-state index is 0.0116. The molecule has 0 aromatic carbocycles. The maximum absolute atomic E-state index is 11.4. The maximum atomic E-state index is 11.4. The third-order valence-corrected chi connectivity index (χ3v) is 2.53. The number of ketones is 1. The number of hydrogen-bond donors (Lipinski definition) is 0. The smallest absolute Gasteiger partial charge is 0.157 e.